The van der Waals surface area contributed by atoms with Gasteiger partial charge in [-0.3, -0.25) is 14.9 Å². The number of nitrogens with one attached hydrogen (secondary N) is 1. The molecule has 0 aliphatic carbocycles. The minimum atomic E-state index is -0.515. The van der Waals surface area contributed by atoms with Crippen LogP contribution in [0.2, 0.25) is 0 Å². The number of hydrogen-bond donors (Lipinski definition) is 2. The molecule has 116 valence electrons. The Labute approximate surface area is 131 Å². The van der Waals surface area contributed by atoms with Crippen molar-refractivity contribution in [1.82, 2.24) is 0 Å². The van der Waals surface area contributed by atoms with Crippen LogP contribution in [0.25, 0.3) is 0 Å². The van der Waals surface area contributed by atoms with Crippen molar-refractivity contribution in [2.75, 3.05) is 11.9 Å². The fourth-order valence-electron chi connectivity index (χ4n) is 2.12. The molecular formula is C15H16N2O4S. The minimum absolute atomic E-state index is 0.0328. The minimum Gasteiger partial charge on any atom is -0.396 e. The lowest BCUT2D eigenvalue weighted by Crippen LogP contribution is -2.12. The van der Waals surface area contributed by atoms with Crippen LogP contribution in [0.3, 0.4) is 0 Å². The first-order valence-electron chi connectivity index (χ1n) is 6.73. The van der Waals surface area contributed by atoms with E-state index in [9.17, 15) is 20.0 Å². The van der Waals surface area contributed by atoms with E-state index in [-0.39, 0.29) is 24.1 Å². The molecule has 2 rings (SSSR count). The van der Waals surface area contributed by atoms with E-state index >= 15 is 0 Å². The number of aliphatic hydroxyl groups excluding tert-OH is 1. The quantitative estimate of drug-likeness (QED) is 0.463. The van der Waals surface area contributed by atoms with Crippen LogP contribution < -0.4 is 5.32 Å². The van der Waals surface area contributed by atoms with Crippen molar-refractivity contribution in [3.8, 4) is 0 Å². The van der Waals surface area contributed by atoms with Crippen molar-refractivity contribution in [3.63, 3.8) is 0 Å². The van der Waals surface area contributed by atoms with Crippen LogP contribution in [0.1, 0.15) is 34.6 Å². The zero-order chi connectivity index (χ0) is 16.1. The van der Waals surface area contributed by atoms with Gasteiger partial charge in [0.25, 0.3) is 5.69 Å². The summed E-state index contributed by atoms with van der Waals surface area (Å²) in [6.45, 7) is 1.33. The highest BCUT2D eigenvalue weighted by molar-refractivity contribution is 7.10. The van der Waals surface area contributed by atoms with Crippen molar-refractivity contribution in [2.45, 2.75) is 19.4 Å². The summed E-state index contributed by atoms with van der Waals surface area (Å²) in [4.78, 5) is 23.1. The molecule has 0 aliphatic heterocycles. The lowest BCUT2D eigenvalue weighted by molar-refractivity contribution is -0.384. The molecule has 0 aliphatic rings. The van der Waals surface area contributed by atoms with E-state index < -0.39 is 4.92 Å². The van der Waals surface area contributed by atoms with Gasteiger partial charge in [0.15, 0.2) is 5.78 Å². The number of benzene rings is 1. The second-order valence-electron chi connectivity index (χ2n) is 4.77. The number of thiophene rings is 1. The molecule has 22 heavy (non-hydrogen) atoms. The summed E-state index contributed by atoms with van der Waals surface area (Å²) >= 11 is 1.51. The maximum absolute atomic E-state index is 11.4. The number of Topliss-reactive ketones (excluding diaryl/α,β-unsaturated/α-hetero) is 1. The van der Waals surface area contributed by atoms with Crippen molar-refractivity contribution >= 4 is 28.5 Å². The van der Waals surface area contributed by atoms with Crippen molar-refractivity contribution in [2.24, 2.45) is 0 Å². The standard InChI is InChI=1S/C15H16N2O4S/c1-10(19)11-4-5-12(14(9-11)17(20)21)16-13(6-7-18)15-3-2-8-22-15/h2-5,8-9,13,16,18H,6-7H2,1H3/t13-/m1/s1. The van der Waals surface area contributed by atoms with E-state index in [4.69, 9.17) is 0 Å². The Kier molecular flexibility index (Phi) is 5.24. The summed E-state index contributed by atoms with van der Waals surface area (Å²) in [7, 11) is 0. The normalized spacial score (nSPS) is 11.9. The molecule has 7 heteroatoms. The van der Waals surface area contributed by atoms with Gasteiger partial charge >= 0.3 is 0 Å². The molecule has 0 fully saturated rings. The SMILES string of the molecule is CC(=O)c1ccc(N[C@H](CCO)c2cccs2)c([N+](=O)[O-])c1. The first-order valence-corrected chi connectivity index (χ1v) is 7.61. The first kappa shape index (κ1) is 16.1. The van der Waals surface area contributed by atoms with Gasteiger partial charge in [0, 0.05) is 23.1 Å². The lowest BCUT2D eigenvalue weighted by Gasteiger charge is -2.18. The molecule has 1 aromatic heterocycles. The highest BCUT2D eigenvalue weighted by Crippen LogP contribution is 2.32. The van der Waals surface area contributed by atoms with Crippen molar-refractivity contribution in [3.05, 3.63) is 56.3 Å². The van der Waals surface area contributed by atoms with Gasteiger partial charge in [-0.1, -0.05) is 6.07 Å². The van der Waals surface area contributed by atoms with Gasteiger partial charge in [0.05, 0.1) is 11.0 Å². The Morgan fingerprint density at radius 2 is 2.23 bits per heavy atom. The number of anilines is 1. The van der Waals surface area contributed by atoms with E-state index in [0.29, 0.717) is 17.7 Å². The fraction of sp³-hybridized carbons (Fsp3) is 0.267. The zero-order valence-electron chi connectivity index (χ0n) is 12.0. The molecule has 0 unspecified atom stereocenters. The van der Waals surface area contributed by atoms with Gasteiger partial charge in [-0.25, -0.2) is 0 Å². The highest BCUT2D eigenvalue weighted by atomic mass is 32.1. The maximum Gasteiger partial charge on any atom is 0.293 e. The molecule has 0 bridgehead atoms. The van der Waals surface area contributed by atoms with Gasteiger partial charge < -0.3 is 10.4 Å². The first-order chi connectivity index (χ1) is 10.5. The van der Waals surface area contributed by atoms with E-state index in [2.05, 4.69) is 5.32 Å². The predicted octanol–water partition coefficient (Wildman–Crippen LogP) is 3.39. The van der Waals surface area contributed by atoms with Gasteiger partial charge in [-0.2, -0.15) is 0 Å². The number of hydrogen-bond acceptors (Lipinski definition) is 6. The third kappa shape index (κ3) is 3.69. The van der Waals surface area contributed by atoms with Crippen LogP contribution in [-0.2, 0) is 0 Å². The molecule has 0 radical (unpaired) electrons. The molecule has 2 aromatic rings. The highest BCUT2D eigenvalue weighted by Gasteiger charge is 2.20. The predicted molar refractivity (Wildman–Crippen MR) is 85.5 cm³/mol. The Morgan fingerprint density at radius 1 is 1.45 bits per heavy atom. The van der Waals surface area contributed by atoms with Crippen LogP contribution in [0, 0.1) is 10.1 Å². The topological polar surface area (TPSA) is 92.5 Å². The molecule has 0 saturated heterocycles. The van der Waals surface area contributed by atoms with E-state index in [1.165, 1.54) is 30.4 Å². The smallest absolute Gasteiger partial charge is 0.293 e. The summed E-state index contributed by atoms with van der Waals surface area (Å²) in [6, 6.07) is 7.95. The molecule has 0 saturated carbocycles. The molecule has 0 amide bonds. The van der Waals surface area contributed by atoms with Crippen molar-refractivity contribution in [1.29, 1.82) is 0 Å². The Balaban J connectivity index is 2.34. The second-order valence-corrected chi connectivity index (χ2v) is 5.75. The van der Waals surface area contributed by atoms with Crippen LogP contribution in [0.4, 0.5) is 11.4 Å². The number of aliphatic hydroxyl groups is 1. The van der Waals surface area contributed by atoms with Crippen LogP contribution >= 0.6 is 11.3 Å². The zero-order valence-corrected chi connectivity index (χ0v) is 12.8. The molecule has 0 spiro atoms. The third-order valence-electron chi connectivity index (χ3n) is 3.24. The molecular weight excluding hydrogens is 304 g/mol. The monoisotopic (exact) mass is 320 g/mol. The molecule has 6 nitrogen and oxygen atoms in total. The fourth-order valence-corrected chi connectivity index (χ4v) is 2.93. The third-order valence-corrected chi connectivity index (χ3v) is 4.22. The summed E-state index contributed by atoms with van der Waals surface area (Å²) in [5.74, 6) is -0.222. The van der Waals surface area contributed by atoms with Gasteiger partial charge in [0.2, 0.25) is 0 Å². The van der Waals surface area contributed by atoms with Gasteiger partial charge in [-0.15, -0.1) is 11.3 Å². The Morgan fingerprint density at radius 3 is 2.77 bits per heavy atom. The Bertz CT molecular complexity index is 670. The maximum atomic E-state index is 11.4. The molecule has 2 N–H and O–H groups in total. The Hall–Kier alpha value is -2.25. The summed E-state index contributed by atoms with van der Waals surface area (Å²) < 4.78 is 0. The summed E-state index contributed by atoms with van der Waals surface area (Å²) in [5, 5.41) is 25.4. The average Bonchev–Trinajstić information content (AvgIpc) is 3.00. The lowest BCUT2D eigenvalue weighted by atomic mass is 10.1. The van der Waals surface area contributed by atoms with Crippen LogP contribution in [0.5, 0.6) is 0 Å². The summed E-state index contributed by atoms with van der Waals surface area (Å²) in [6.07, 6.45) is 0.437. The van der Waals surface area contributed by atoms with Crippen molar-refractivity contribution < 1.29 is 14.8 Å². The number of carbonyl (C=O) groups excluding carboxylic acids is 1. The number of rotatable bonds is 7. The summed E-state index contributed by atoms with van der Waals surface area (Å²) in [5.41, 5.74) is 0.487. The number of ketones is 1. The van der Waals surface area contributed by atoms with E-state index in [1.807, 2.05) is 17.5 Å². The largest absolute Gasteiger partial charge is 0.396 e. The van der Waals surface area contributed by atoms with Crippen LogP contribution in [-0.4, -0.2) is 22.4 Å². The number of carbonyl (C=O) groups is 1. The number of nitrogens with zero attached hydrogens (tertiary/aromatic N) is 1. The van der Waals surface area contributed by atoms with Crippen LogP contribution in [0.15, 0.2) is 35.7 Å². The second kappa shape index (κ2) is 7.15. The number of nitro groups is 1. The average molecular weight is 320 g/mol. The molecule has 1 atom stereocenters. The van der Waals surface area contributed by atoms with Gasteiger partial charge in [0.1, 0.15) is 5.69 Å². The molecule has 1 aromatic carbocycles. The van der Waals surface area contributed by atoms with E-state index in [1.54, 1.807) is 6.07 Å². The van der Waals surface area contributed by atoms with E-state index in [0.717, 1.165) is 4.88 Å². The number of nitro benzene ring substituents is 1. The van der Waals surface area contributed by atoms with Gasteiger partial charge in [-0.05, 0) is 36.9 Å². The molecule has 1 heterocycles.